The first-order chi connectivity index (χ1) is 14.7. The highest BCUT2D eigenvalue weighted by atomic mass is 16.2. The Morgan fingerprint density at radius 1 is 1.19 bits per heavy atom. The molecule has 1 atom stereocenters. The number of carbonyl (C=O) groups is 2. The zero-order valence-corrected chi connectivity index (χ0v) is 18.2. The van der Waals surface area contributed by atoms with Crippen LogP contribution < -0.4 is 11.1 Å². The molecule has 2 aromatic carbocycles. The Hall–Kier alpha value is -3.59. The van der Waals surface area contributed by atoms with E-state index in [9.17, 15) is 9.59 Å². The van der Waals surface area contributed by atoms with Crippen molar-refractivity contribution >= 4 is 17.8 Å². The Morgan fingerprint density at radius 2 is 1.81 bits per heavy atom. The van der Waals surface area contributed by atoms with Crippen LogP contribution >= 0.6 is 0 Å². The normalized spacial score (nSPS) is 18.5. The van der Waals surface area contributed by atoms with Gasteiger partial charge in [0.1, 0.15) is 5.54 Å². The number of nitrogens with one attached hydrogen (secondary N) is 1. The summed E-state index contributed by atoms with van der Waals surface area (Å²) in [6, 6.07) is 15.1. The lowest BCUT2D eigenvalue weighted by Crippen LogP contribution is -2.52. The standard InChI is InChI=1S/C25H28N4O2/c1-5-25(17(2)3)14-22(30)29(24(26)28-25)16-20-10-12-21(13-11-20)23(31)27-15-19-8-6-18(4)7-9-19/h1,6-13,17H,14-16H2,2-4H3,(H2,26,28)(H,27,31)/t25-/m0/s1. The number of rotatable bonds is 6. The quantitative estimate of drug-likeness (QED) is 0.710. The molecule has 2 aromatic rings. The fourth-order valence-electron chi connectivity index (χ4n) is 3.44. The second-order valence-corrected chi connectivity index (χ2v) is 8.22. The van der Waals surface area contributed by atoms with Crippen LogP contribution in [0.2, 0.25) is 0 Å². The Labute approximate surface area is 183 Å². The average Bonchev–Trinajstić information content (AvgIpc) is 2.75. The lowest BCUT2D eigenvalue weighted by molar-refractivity contribution is -0.129. The van der Waals surface area contributed by atoms with Crippen molar-refractivity contribution in [2.45, 2.75) is 45.8 Å². The van der Waals surface area contributed by atoms with Gasteiger partial charge in [0.15, 0.2) is 5.96 Å². The van der Waals surface area contributed by atoms with Gasteiger partial charge in [-0.1, -0.05) is 61.7 Å². The molecule has 0 saturated carbocycles. The largest absolute Gasteiger partial charge is 0.369 e. The van der Waals surface area contributed by atoms with E-state index in [4.69, 9.17) is 12.2 Å². The van der Waals surface area contributed by atoms with Crippen LogP contribution in [0.25, 0.3) is 0 Å². The second kappa shape index (κ2) is 9.05. The smallest absolute Gasteiger partial charge is 0.251 e. The first kappa shape index (κ1) is 22.1. The molecule has 0 bridgehead atoms. The number of nitrogens with zero attached hydrogens (tertiary/aromatic N) is 2. The highest BCUT2D eigenvalue weighted by molar-refractivity contribution is 5.99. The Kier molecular flexibility index (Phi) is 6.45. The molecule has 3 N–H and O–H groups in total. The summed E-state index contributed by atoms with van der Waals surface area (Å²) in [4.78, 5) is 31.0. The van der Waals surface area contributed by atoms with E-state index in [2.05, 4.69) is 16.2 Å². The molecule has 0 aromatic heterocycles. The van der Waals surface area contributed by atoms with Crippen molar-refractivity contribution in [3.8, 4) is 12.3 Å². The fraction of sp³-hybridized carbons (Fsp3) is 0.320. The summed E-state index contributed by atoms with van der Waals surface area (Å²) in [7, 11) is 0. The fourth-order valence-corrected chi connectivity index (χ4v) is 3.44. The van der Waals surface area contributed by atoms with E-state index in [0.717, 1.165) is 11.1 Å². The van der Waals surface area contributed by atoms with Crippen molar-refractivity contribution in [1.82, 2.24) is 10.2 Å². The molecule has 3 rings (SSSR count). The van der Waals surface area contributed by atoms with Crippen LogP contribution in [0.3, 0.4) is 0 Å². The summed E-state index contributed by atoms with van der Waals surface area (Å²) in [5.41, 5.74) is 8.81. The van der Waals surface area contributed by atoms with Gasteiger partial charge in [-0.25, -0.2) is 4.99 Å². The number of aryl methyl sites for hydroxylation is 1. The van der Waals surface area contributed by atoms with Gasteiger partial charge in [0.05, 0.1) is 13.0 Å². The zero-order chi connectivity index (χ0) is 22.6. The lowest BCUT2D eigenvalue weighted by Gasteiger charge is -2.36. The predicted molar refractivity (Wildman–Crippen MR) is 122 cm³/mol. The highest BCUT2D eigenvalue weighted by Gasteiger charge is 2.40. The third-order valence-electron chi connectivity index (χ3n) is 5.65. The van der Waals surface area contributed by atoms with Gasteiger partial charge in [0.2, 0.25) is 5.91 Å². The summed E-state index contributed by atoms with van der Waals surface area (Å²) in [6.07, 6.45) is 5.78. The van der Waals surface area contributed by atoms with Crippen molar-refractivity contribution in [1.29, 1.82) is 0 Å². The third-order valence-corrected chi connectivity index (χ3v) is 5.65. The molecule has 6 nitrogen and oxygen atoms in total. The van der Waals surface area contributed by atoms with Gasteiger partial charge in [-0.3, -0.25) is 14.5 Å². The SMILES string of the molecule is C#C[C@@]1(C(C)C)CC(=O)N(Cc2ccc(C(=O)NCc3ccc(C)cc3)cc2)C(N)=N1. The van der Waals surface area contributed by atoms with Crippen LogP contribution in [-0.4, -0.2) is 28.2 Å². The van der Waals surface area contributed by atoms with Gasteiger partial charge in [0, 0.05) is 12.1 Å². The molecule has 1 heterocycles. The van der Waals surface area contributed by atoms with Gasteiger partial charge >= 0.3 is 0 Å². The summed E-state index contributed by atoms with van der Waals surface area (Å²) >= 11 is 0. The van der Waals surface area contributed by atoms with Crippen molar-refractivity contribution in [2.24, 2.45) is 16.6 Å². The van der Waals surface area contributed by atoms with Crippen LogP contribution in [0, 0.1) is 25.2 Å². The van der Waals surface area contributed by atoms with Crippen LogP contribution in [0.15, 0.2) is 53.5 Å². The minimum atomic E-state index is -0.892. The second-order valence-electron chi connectivity index (χ2n) is 8.22. The van der Waals surface area contributed by atoms with Crippen molar-refractivity contribution < 1.29 is 9.59 Å². The van der Waals surface area contributed by atoms with E-state index in [1.165, 1.54) is 10.5 Å². The van der Waals surface area contributed by atoms with E-state index in [1.807, 2.05) is 57.2 Å². The lowest BCUT2D eigenvalue weighted by atomic mass is 9.83. The van der Waals surface area contributed by atoms with Gasteiger partial charge < -0.3 is 11.1 Å². The van der Waals surface area contributed by atoms with Crippen LogP contribution in [-0.2, 0) is 17.9 Å². The summed E-state index contributed by atoms with van der Waals surface area (Å²) in [6.45, 7) is 6.63. The van der Waals surface area contributed by atoms with Crippen molar-refractivity contribution in [3.05, 3.63) is 70.8 Å². The summed E-state index contributed by atoms with van der Waals surface area (Å²) in [5.74, 6) is 2.47. The average molecular weight is 417 g/mol. The molecule has 1 aliphatic heterocycles. The highest BCUT2D eigenvalue weighted by Crippen LogP contribution is 2.30. The van der Waals surface area contributed by atoms with E-state index < -0.39 is 5.54 Å². The first-order valence-electron chi connectivity index (χ1n) is 10.3. The Balaban J connectivity index is 1.64. The topological polar surface area (TPSA) is 87.8 Å². The molecule has 0 fully saturated rings. The summed E-state index contributed by atoms with van der Waals surface area (Å²) < 4.78 is 0. The molecule has 1 aliphatic rings. The molecular formula is C25H28N4O2. The van der Waals surface area contributed by atoms with Crippen LogP contribution in [0.5, 0.6) is 0 Å². The number of aliphatic imine (C=N–C) groups is 1. The van der Waals surface area contributed by atoms with Gasteiger partial charge in [-0.05, 0) is 36.1 Å². The molecule has 160 valence electrons. The maximum atomic E-state index is 12.7. The molecule has 2 amide bonds. The van der Waals surface area contributed by atoms with E-state index in [-0.39, 0.29) is 36.7 Å². The molecular weight excluding hydrogens is 388 g/mol. The minimum absolute atomic E-state index is 0.000134. The van der Waals surface area contributed by atoms with Crippen molar-refractivity contribution in [2.75, 3.05) is 0 Å². The van der Waals surface area contributed by atoms with Gasteiger partial charge in [0.25, 0.3) is 5.91 Å². The first-order valence-corrected chi connectivity index (χ1v) is 10.3. The molecule has 0 aliphatic carbocycles. The number of benzene rings is 2. The number of hydrogen-bond acceptors (Lipinski definition) is 4. The molecule has 0 saturated heterocycles. The summed E-state index contributed by atoms with van der Waals surface area (Å²) in [5, 5.41) is 2.91. The molecule has 0 radical (unpaired) electrons. The number of nitrogens with two attached hydrogens (primary N) is 1. The number of terminal acetylenes is 1. The number of amides is 2. The predicted octanol–water partition coefficient (Wildman–Crippen LogP) is 3.00. The van der Waals surface area contributed by atoms with E-state index in [0.29, 0.717) is 12.1 Å². The number of hydrogen-bond donors (Lipinski definition) is 2. The monoisotopic (exact) mass is 416 g/mol. The zero-order valence-electron chi connectivity index (χ0n) is 18.2. The van der Waals surface area contributed by atoms with Crippen LogP contribution in [0.4, 0.5) is 0 Å². The number of guanidine groups is 1. The number of carbonyl (C=O) groups excluding carboxylic acids is 2. The maximum Gasteiger partial charge on any atom is 0.251 e. The van der Waals surface area contributed by atoms with Gasteiger partial charge in [-0.2, -0.15) is 0 Å². The van der Waals surface area contributed by atoms with Crippen molar-refractivity contribution in [3.63, 3.8) is 0 Å². The third kappa shape index (κ3) is 4.95. The Bertz CT molecular complexity index is 1030. The molecule has 0 spiro atoms. The van der Waals surface area contributed by atoms with E-state index in [1.54, 1.807) is 12.1 Å². The van der Waals surface area contributed by atoms with Crippen LogP contribution in [0.1, 0.15) is 47.3 Å². The molecule has 6 heteroatoms. The molecule has 31 heavy (non-hydrogen) atoms. The Morgan fingerprint density at radius 3 is 2.35 bits per heavy atom. The molecule has 0 unspecified atom stereocenters. The van der Waals surface area contributed by atoms with Gasteiger partial charge in [-0.15, -0.1) is 6.42 Å². The van der Waals surface area contributed by atoms with E-state index >= 15 is 0 Å². The minimum Gasteiger partial charge on any atom is -0.369 e. The maximum absolute atomic E-state index is 12.7.